The van der Waals surface area contributed by atoms with Crippen molar-refractivity contribution in [3.05, 3.63) is 72.3 Å². The van der Waals surface area contributed by atoms with Crippen molar-refractivity contribution in [2.45, 2.75) is 37.3 Å². The van der Waals surface area contributed by atoms with Crippen molar-refractivity contribution in [2.75, 3.05) is 19.8 Å². The van der Waals surface area contributed by atoms with Crippen LogP contribution in [0.1, 0.15) is 36.3 Å². The Bertz CT molecular complexity index is 1060. The van der Waals surface area contributed by atoms with E-state index in [9.17, 15) is 19.5 Å². The van der Waals surface area contributed by atoms with Crippen molar-refractivity contribution in [1.29, 1.82) is 0 Å². The van der Waals surface area contributed by atoms with Crippen LogP contribution in [0.25, 0.3) is 11.1 Å². The molecule has 1 aliphatic heterocycles. The fourth-order valence-corrected chi connectivity index (χ4v) is 4.81. The van der Waals surface area contributed by atoms with Crippen LogP contribution >= 0.6 is 0 Å². The highest BCUT2D eigenvalue weighted by Crippen LogP contribution is 2.44. The molecule has 1 unspecified atom stereocenters. The van der Waals surface area contributed by atoms with E-state index in [1.165, 1.54) is 0 Å². The minimum atomic E-state index is -1.04. The molecule has 4 rings (SSSR count). The summed E-state index contributed by atoms with van der Waals surface area (Å²) in [5, 5.41) is 14.7. The molecule has 1 aliphatic carbocycles. The average molecular weight is 479 g/mol. The number of hydrogen-bond acceptors (Lipinski definition) is 5. The lowest BCUT2D eigenvalue weighted by atomic mass is 9.98. The number of amides is 2. The predicted molar refractivity (Wildman–Crippen MR) is 130 cm³/mol. The highest BCUT2D eigenvalue weighted by molar-refractivity contribution is 5.86. The molecule has 2 amide bonds. The van der Waals surface area contributed by atoms with Gasteiger partial charge in [0.15, 0.2) is 6.10 Å². The van der Waals surface area contributed by atoms with Gasteiger partial charge < -0.3 is 25.2 Å². The molecule has 0 bridgehead atoms. The summed E-state index contributed by atoms with van der Waals surface area (Å²) >= 11 is 0. The number of aliphatic carboxylic acids is 1. The Labute approximate surface area is 204 Å². The second kappa shape index (κ2) is 11.2. The Morgan fingerprint density at radius 1 is 1.11 bits per heavy atom. The molecular weight excluding hydrogens is 448 g/mol. The van der Waals surface area contributed by atoms with Crippen LogP contribution in [-0.4, -0.2) is 55.0 Å². The van der Waals surface area contributed by atoms with Gasteiger partial charge in [-0.3, -0.25) is 4.79 Å². The zero-order valence-electron chi connectivity index (χ0n) is 19.4. The first kappa shape index (κ1) is 24.5. The second-order valence-corrected chi connectivity index (χ2v) is 8.81. The van der Waals surface area contributed by atoms with Gasteiger partial charge in [0.2, 0.25) is 5.91 Å². The molecule has 0 radical (unpaired) electrons. The molecule has 35 heavy (non-hydrogen) atoms. The van der Waals surface area contributed by atoms with Gasteiger partial charge in [0.1, 0.15) is 12.6 Å². The highest BCUT2D eigenvalue weighted by Gasteiger charge is 2.35. The van der Waals surface area contributed by atoms with E-state index in [0.717, 1.165) is 22.3 Å². The Kier molecular flexibility index (Phi) is 7.82. The zero-order chi connectivity index (χ0) is 24.8. The van der Waals surface area contributed by atoms with Crippen LogP contribution in [0.2, 0.25) is 0 Å². The summed E-state index contributed by atoms with van der Waals surface area (Å²) in [4.78, 5) is 36.8. The molecule has 2 aliphatic rings. The number of alkyl carbamates (subject to hydrolysis) is 1. The normalized spacial score (nSPS) is 19.3. The third-order valence-corrected chi connectivity index (χ3v) is 6.61. The van der Waals surface area contributed by atoms with Crippen molar-refractivity contribution >= 4 is 18.0 Å². The largest absolute Gasteiger partial charge is 0.479 e. The summed E-state index contributed by atoms with van der Waals surface area (Å²) < 4.78 is 10.8. The van der Waals surface area contributed by atoms with E-state index in [4.69, 9.17) is 9.47 Å². The molecule has 8 nitrogen and oxygen atoms in total. The first-order chi connectivity index (χ1) is 17.0. The van der Waals surface area contributed by atoms with E-state index in [-0.39, 0.29) is 25.0 Å². The lowest BCUT2D eigenvalue weighted by Gasteiger charge is -2.21. The quantitative estimate of drug-likeness (QED) is 0.451. The number of carboxylic acids is 1. The van der Waals surface area contributed by atoms with Crippen LogP contribution in [0.15, 0.2) is 61.2 Å². The monoisotopic (exact) mass is 478 g/mol. The van der Waals surface area contributed by atoms with Crippen molar-refractivity contribution in [3.8, 4) is 11.1 Å². The van der Waals surface area contributed by atoms with E-state index in [1.54, 1.807) is 6.08 Å². The molecule has 3 N–H and O–H groups in total. The number of hydrogen-bond donors (Lipinski definition) is 3. The Morgan fingerprint density at radius 2 is 1.77 bits per heavy atom. The van der Waals surface area contributed by atoms with Gasteiger partial charge in [0.25, 0.3) is 0 Å². The molecule has 8 heteroatoms. The third kappa shape index (κ3) is 5.54. The fourth-order valence-electron chi connectivity index (χ4n) is 4.81. The number of carboxylic acid groups (broad SMARTS) is 1. The maximum Gasteiger partial charge on any atom is 0.407 e. The second-order valence-electron chi connectivity index (χ2n) is 8.81. The number of carbonyl (C=O) groups excluding carboxylic acids is 2. The van der Waals surface area contributed by atoms with Gasteiger partial charge in [-0.2, -0.15) is 0 Å². The Hall–Kier alpha value is -3.65. The van der Waals surface area contributed by atoms with Crippen LogP contribution in [0.5, 0.6) is 0 Å². The summed E-state index contributed by atoms with van der Waals surface area (Å²) in [7, 11) is 0. The molecule has 3 atom stereocenters. The summed E-state index contributed by atoms with van der Waals surface area (Å²) in [5.41, 5.74) is 4.48. The van der Waals surface area contributed by atoms with Gasteiger partial charge in [0.05, 0.1) is 0 Å². The molecule has 0 saturated carbocycles. The van der Waals surface area contributed by atoms with Crippen LogP contribution in [0.3, 0.4) is 0 Å². The van der Waals surface area contributed by atoms with Gasteiger partial charge >= 0.3 is 12.1 Å². The van der Waals surface area contributed by atoms with Gasteiger partial charge in [-0.1, -0.05) is 54.6 Å². The first-order valence-corrected chi connectivity index (χ1v) is 11.8. The lowest BCUT2D eigenvalue weighted by Crippen LogP contribution is -2.48. The molecule has 1 fully saturated rings. The third-order valence-electron chi connectivity index (χ3n) is 6.61. The maximum atomic E-state index is 12.8. The van der Waals surface area contributed by atoms with E-state index in [1.807, 2.05) is 36.4 Å². The molecular formula is C27H30N2O6. The van der Waals surface area contributed by atoms with Gasteiger partial charge in [-0.15, -0.1) is 6.58 Å². The molecule has 1 saturated heterocycles. The minimum Gasteiger partial charge on any atom is -0.479 e. The van der Waals surface area contributed by atoms with E-state index in [0.29, 0.717) is 25.9 Å². The minimum absolute atomic E-state index is 0.0797. The smallest absolute Gasteiger partial charge is 0.407 e. The number of ether oxygens (including phenoxy) is 2. The van der Waals surface area contributed by atoms with Crippen molar-refractivity contribution in [2.24, 2.45) is 5.92 Å². The topological polar surface area (TPSA) is 114 Å². The van der Waals surface area contributed by atoms with Crippen molar-refractivity contribution < 1.29 is 29.0 Å². The van der Waals surface area contributed by atoms with Gasteiger partial charge in [-0.25, -0.2) is 9.59 Å². The van der Waals surface area contributed by atoms with Crippen LogP contribution in [0.4, 0.5) is 4.79 Å². The van der Waals surface area contributed by atoms with Crippen molar-refractivity contribution in [1.82, 2.24) is 10.6 Å². The number of carbonyl (C=O) groups is 3. The van der Waals surface area contributed by atoms with Gasteiger partial charge in [-0.05, 0) is 41.5 Å². The molecule has 184 valence electrons. The summed E-state index contributed by atoms with van der Waals surface area (Å²) in [6.07, 6.45) is 1.48. The first-order valence-electron chi connectivity index (χ1n) is 11.8. The fraction of sp³-hybridized carbons (Fsp3) is 0.370. The van der Waals surface area contributed by atoms with Crippen molar-refractivity contribution in [3.63, 3.8) is 0 Å². The number of rotatable bonds is 10. The molecule has 1 heterocycles. The Morgan fingerprint density at radius 3 is 2.40 bits per heavy atom. The summed E-state index contributed by atoms with van der Waals surface area (Å²) in [6, 6.07) is 15.3. The van der Waals surface area contributed by atoms with Crippen LogP contribution in [-0.2, 0) is 19.1 Å². The standard InChI is InChI=1S/C27H30N2O6/c1-2-3-12-23(25(30)28-15-17-13-14-34-24(17)26(31)32)29-27(33)35-16-22-20-10-6-4-8-18(20)19-9-5-7-11-21(19)22/h2,4-11,17,22-24H,1,3,12-16H2,(H,28,30)(H,29,33)(H,31,32)/t17-,23?,24-/m1/s1. The molecule has 0 spiro atoms. The summed E-state index contributed by atoms with van der Waals surface area (Å²) in [5.74, 6) is -1.83. The maximum absolute atomic E-state index is 12.8. The number of benzene rings is 2. The predicted octanol–water partition coefficient (Wildman–Crippen LogP) is 3.47. The lowest BCUT2D eigenvalue weighted by molar-refractivity contribution is -0.149. The number of fused-ring (bicyclic) bond motifs is 3. The molecule has 2 aromatic rings. The number of allylic oxidation sites excluding steroid dienone is 1. The van der Waals surface area contributed by atoms with Crippen LogP contribution in [0, 0.1) is 5.92 Å². The highest BCUT2D eigenvalue weighted by atomic mass is 16.5. The van der Waals surface area contributed by atoms with E-state index < -0.39 is 30.1 Å². The summed E-state index contributed by atoms with van der Waals surface area (Å²) in [6.45, 7) is 4.33. The SMILES string of the molecule is C=CCCC(NC(=O)OCC1c2ccccc2-c2ccccc21)C(=O)NC[C@H]1CCO[C@H]1C(=O)O. The molecule has 2 aromatic carbocycles. The Balaban J connectivity index is 1.35. The molecule has 0 aromatic heterocycles. The van der Waals surface area contributed by atoms with E-state index >= 15 is 0 Å². The zero-order valence-corrected chi connectivity index (χ0v) is 19.4. The van der Waals surface area contributed by atoms with E-state index in [2.05, 4.69) is 29.3 Å². The van der Waals surface area contributed by atoms with Crippen LogP contribution < -0.4 is 10.6 Å². The number of nitrogens with one attached hydrogen (secondary N) is 2. The van der Waals surface area contributed by atoms with Gasteiger partial charge in [0, 0.05) is 25.0 Å². The average Bonchev–Trinajstić information content (AvgIpc) is 3.47.